The predicted octanol–water partition coefficient (Wildman–Crippen LogP) is 5.01. The molecule has 0 saturated heterocycles. The molecule has 0 saturated carbocycles. The molecule has 156 valence electrons. The summed E-state index contributed by atoms with van der Waals surface area (Å²) in [5.41, 5.74) is 1.24. The monoisotopic (exact) mass is 438 g/mol. The van der Waals surface area contributed by atoms with Crippen LogP contribution in [0.1, 0.15) is 38.3 Å². The molecule has 2 amide bonds. The molecule has 0 unspecified atom stereocenters. The highest BCUT2D eigenvalue weighted by atomic mass is 35.5. The molecule has 2 rings (SSSR count). The first kappa shape index (κ1) is 23.2. The maximum absolute atomic E-state index is 13.3. The summed E-state index contributed by atoms with van der Waals surface area (Å²) < 4.78 is 13.3. The lowest BCUT2D eigenvalue weighted by molar-refractivity contribution is -0.141. The topological polar surface area (TPSA) is 49.4 Å². The number of amides is 2. The number of hydrogen-bond donors (Lipinski definition) is 1. The van der Waals surface area contributed by atoms with E-state index in [0.29, 0.717) is 22.0 Å². The smallest absolute Gasteiger partial charge is 0.243 e. The van der Waals surface area contributed by atoms with Crippen molar-refractivity contribution in [3.63, 3.8) is 0 Å². The number of nitrogens with zero attached hydrogens (tertiary/aromatic N) is 1. The van der Waals surface area contributed by atoms with Gasteiger partial charge in [-0.3, -0.25) is 9.59 Å². The first-order valence-corrected chi connectivity index (χ1v) is 10.3. The number of carbonyl (C=O) groups is 2. The minimum absolute atomic E-state index is 0.0365. The molecule has 0 aromatic heterocycles. The van der Waals surface area contributed by atoms with Gasteiger partial charge in [-0.15, -0.1) is 0 Å². The van der Waals surface area contributed by atoms with Crippen LogP contribution in [0.3, 0.4) is 0 Å². The number of benzene rings is 2. The average Bonchev–Trinajstić information content (AvgIpc) is 2.65. The Labute approximate surface area is 181 Å². The summed E-state index contributed by atoms with van der Waals surface area (Å²) in [4.78, 5) is 27.5. The minimum atomic E-state index is -0.670. The molecule has 0 aliphatic heterocycles. The van der Waals surface area contributed by atoms with Crippen LogP contribution in [0.4, 0.5) is 4.39 Å². The molecule has 7 heteroatoms. The zero-order valence-corrected chi connectivity index (χ0v) is 18.2. The second-order valence-electron chi connectivity index (χ2n) is 7.11. The van der Waals surface area contributed by atoms with Crippen LogP contribution in [0.5, 0.6) is 0 Å². The van der Waals surface area contributed by atoms with E-state index in [1.165, 1.54) is 17.0 Å². The average molecular weight is 439 g/mol. The van der Waals surface area contributed by atoms with E-state index in [1.807, 2.05) is 20.8 Å². The second-order valence-corrected chi connectivity index (χ2v) is 7.93. The summed E-state index contributed by atoms with van der Waals surface area (Å²) in [6.07, 6.45) is 0.396. The third kappa shape index (κ3) is 6.44. The molecule has 0 bridgehead atoms. The molecular formula is C22H25Cl2FN2O2. The summed E-state index contributed by atoms with van der Waals surface area (Å²) in [5, 5.41) is 3.66. The van der Waals surface area contributed by atoms with E-state index in [0.717, 1.165) is 5.56 Å². The third-order valence-corrected chi connectivity index (χ3v) is 5.18. The van der Waals surface area contributed by atoms with Gasteiger partial charge in [0, 0.05) is 22.6 Å². The summed E-state index contributed by atoms with van der Waals surface area (Å²) in [7, 11) is 0. The summed E-state index contributed by atoms with van der Waals surface area (Å²) in [6.45, 7) is 5.74. The van der Waals surface area contributed by atoms with E-state index in [4.69, 9.17) is 23.2 Å². The van der Waals surface area contributed by atoms with Gasteiger partial charge in [-0.2, -0.15) is 0 Å². The lowest BCUT2D eigenvalue weighted by Gasteiger charge is -2.31. The maximum atomic E-state index is 13.3. The van der Waals surface area contributed by atoms with Crippen LogP contribution in [-0.4, -0.2) is 28.8 Å². The van der Waals surface area contributed by atoms with Crippen LogP contribution < -0.4 is 5.32 Å². The molecule has 2 aromatic carbocycles. The van der Waals surface area contributed by atoms with Crippen molar-refractivity contribution in [2.75, 3.05) is 0 Å². The van der Waals surface area contributed by atoms with Gasteiger partial charge < -0.3 is 10.2 Å². The predicted molar refractivity (Wildman–Crippen MR) is 114 cm³/mol. The van der Waals surface area contributed by atoms with Crippen molar-refractivity contribution in [2.24, 2.45) is 0 Å². The summed E-state index contributed by atoms with van der Waals surface area (Å²) in [6, 6.07) is 10.2. The Morgan fingerprint density at radius 3 is 2.17 bits per heavy atom. The quantitative estimate of drug-likeness (QED) is 0.629. The summed E-state index contributed by atoms with van der Waals surface area (Å²) >= 11 is 12.4. The highest BCUT2D eigenvalue weighted by Crippen LogP contribution is 2.26. The van der Waals surface area contributed by atoms with Gasteiger partial charge in [0.2, 0.25) is 11.8 Å². The molecule has 0 aliphatic carbocycles. The standard InChI is InChI=1S/C22H25Cl2FN2O2/c1-4-20(22(29)26-14(2)3)27(13-15-8-10-16(25)11-9-15)21(28)12-17-18(23)6-5-7-19(17)24/h5-11,14,20H,4,12-13H2,1-3H3,(H,26,29)/t20-/m0/s1. The normalized spacial score (nSPS) is 12.0. The molecule has 0 fully saturated rings. The van der Waals surface area contributed by atoms with Crippen molar-refractivity contribution in [3.05, 3.63) is 69.5 Å². The number of hydrogen-bond acceptors (Lipinski definition) is 2. The van der Waals surface area contributed by atoms with Crippen molar-refractivity contribution in [2.45, 2.75) is 52.2 Å². The molecule has 0 spiro atoms. The van der Waals surface area contributed by atoms with E-state index in [9.17, 15) is 14.0 Å². The Morgan fingerprint density at radius 2 is 1.66 bits per heavy atom. The number of carbonyl (C=O) groups excluding carboxylic acids is 2. The third-order valence-electron chi connectivity index (χ3n) is 4.47. The van der Waals surface area contributed by atoms with Gasteiger partial charge in [0.05, 0.1) is 6.42 Å². The maximum Gasteiger partial charge on any atom is 0.243 e. The minimum Gasteiger partial charge on any atom is -0.352 e. The van der Waals surface area contributed by atoms with Crippen molar-refractivity contribution >= 4 is 35.0 Å². The van der Waals surface area contributed by atoms with Crippen LogP contribution in [0.25, 0.3) is 0 Å². The van der Waals surface area contributed by atoms with Gasteiger partial charge in [0.1, 0.15) is 11.9 Å². The fourth-order valence-electron chi connectivity index (χ4n) is 3.04. The Bertz CT molecular complexity index is 836. The van der Waals surface area contributed by atoms with Crippen LogP contribution in [0, 0.1) is 5.82 Å². The molecule has 0 aliphatic rings. The number of halogens is 3. The molecule has 1 N–H and O–H groups in total. The van der Waals surface area contributed by atoms with Crippen molar-refractivity contribution < 1.29 is 14.0 Å². The molecule has 29 heavy (non-hydrogen) atoms. The number of nitrogens with one attached hydrogen (secondary N) is 1. The molecular weight excluding hydrogens is 414 g/mol. The van der Waals surface area contributed by atoms with Gasteiger partial charge in [-0.05, 0) is 55.7 Å². The van der Waals surface area contributed by atoms with E-state index in [1.54, 1.807) is 30.3 Å². The van der Waals surface area contributed by atoms with Crippen molar-refractivity contribution in [1.29, 1.82) is 0 Å². The highest BCUT2D eigenvalue weighted by Gasteiger charge is 2.29. The van der Waals surface area contributed by atoms with Gasteiger partial charge in [0.25, 0.3) is 0 Å². The Hall–Kier alpha value is -2.11. The zero-order valence-electron chi connectivity index (χ0n) is 16.7. The number of rotatable bonds is 8. The fraction of sp³-hybridized carbons (Fsp3) is 0.364. The molecule has 0 heterocycles. The van der Waals surface area contributed by atoms with Gasteiger partial charge >= 0.3 is 0 Å². The van der Waals surface area contributed by atoms with E-state index < -0.39 is 6.04 Å². The van der Waals surface area contributed by atoms with E-state index in [2.05, 4.69) is 5.32 Å². The lowest BCUT2D eigenvalue weighted by atomic mass is 10.1. The Kier molecular flexibility index (Phi) is 8.47. The van der Waals surface area contributed by atoms with Gasteiger partial charge in [0.15, 0.2) is 0 Å². The van der Waals surface area contributed by atoms with Crippen molar-refractivity contribution in [3.8, 4) is 0 Å². The Balaban J connectivity index is 2.34. The highest BCUT2D eigenvalue weighted by molar-refractivity contribution is 6.36. The largest absolute Gasteiger partial charge is 0.352 e. The Morgan fingerprint density at radius 1 is 1.07 bits per heavy atom. The van der Waals surface area contributed by atoms with Gasteiger partial charge in [-0.1, -0.05) is 48.3 Å². The van der Waals surface area contributed by atoms with Crippen molar-refractivity contribution in [1.82, 2.24) is 10.2 Å². The first-order chi connectivity index (χ1) is 13.7. The van der Waals surface area contributed by atoms with Crippen LogP contribution in [-0.2, 0) is 22.6 Å². The van der Waals surface area contributed by atoms with Crippen LogP contribution >= 0.6 is 23.2 Å². The lowest BCUT2D eigenvalue weighted by Crippen LogP contribution is -2.50. The van der Waals surface area contributed by atoms with E-state index in [-0.39, 0.29) is 36.6 Å². The molecule has 4 nitrogen and oxygen atoms in total. The first-order valence-electron chi connectivity index (χ1n) is 9.50. The van der Waals surface area contributed by atoms with Crippen LogP contribution in [0.2, 0.25) is 10.0 Å². The molecule has 2 aromatic rings. The van der Waals surface area contributed by atoms with Crippen LogP contribution in [0.15, 0.2) is 42.5 Å². The summed E-state index contributed by atoms with van der Waals surface area (Å²) in [5.74, 6) is -0.877. The zero-order chi connectivity index (χ0) is 21.6. The van der Waals surface area contributed by atoms with Gasteiger partial charge in [-0.25, -0.2) is 4.39 Å². The SMILES string of the molecule is CC[C@@H](C(=O)NC(C)C)N(Cc1ccc(F)cc1)C(=O)Cc1c(Cl)cccc1Cl. The molecule has 1 atom stereocenters. The second kappa shape index (κ2) is 10.6. The molecule has 0 radical (unpaired) electrons. The fourth-order valence-corrected chi connectivity index (χ4v) is 3.57. The van der Waals surface area contributed by atoms with E-state index >= 15 is 0 Å².